The molecule has 0 aliphatic heterocycles. The van der Waals surface area contributed by atoms with Crippen molar-refractivity contribution in [1.82, 2.24) is 4.31 Å². The molecule has 0 spiro atoms. The van der Waals surface area contributed by atoms with E-state index in [-0.39, 0.29) is 11.4 Å². The van der Waals surface area contributed by atoms with Crippen molar-refractivity contribution in [1.29, 1.82) is 5.26 Å². The molecule has 0 radical (unpaired) electrons. The molecule has 1 aromatic rings. The van der Waals surface area contributed by atoms with Crippen molar-refractivity contribution >= 4 is 37.3 Å². The van der Waals surface area contributed by atoms with Crippen LogP contribution in [0.1, 0.15) is 18.2 Å². The fourth-order valence-electron chi connectivity index (χ4n) is 1.44. The summed E-state index contributed by atoms with van der Waals surface area (Å²) in [6.45, 7) is 3.90. The van der Waals surface area contributed by atoms with Crippen LogP contribution in [0, 0.1) is 18.3 Å². The fraction of sp³-hybridized carbons (Fsp3) is 0.500. The van der Waals surface area contributed by atoms with Crippen LogP contribution in [0.2, 0.25) is 0 Å². The molecule has 0 N–H and O–H groups in total. The quantitative estimate of drug-likeness (QED) is 0.776. The highest BCUT2D eigenvalue weighted by molar-refractivity contribution is 9.11. The Morgan fingerprint density at radius 1 is 1.59 bits per heavy atom. The van der Waals surface area contributed by atoms with Crippen LogP contribution in [0.25, 0.3) is 0 Å². The highest BCUT2D eigenvalue weighted by atomic mass is 79.9. The number of nitrogens with zero attached hydrogens (tertiary/aromatic N) is 2. The van der Waals surface area contributed by atoms with Gasteiger partial charge in [0.05, 0.1) is 14.8 Å². The Morgan fingerprint density at radius 3 is 2.65 bits per heavy atom. The largest absolute Gasteiger partial charge is 0.245 e. The summed E-state index contributed by atoms with van der Waals surface area (Å²) in [7, 11) is -3.54. The lowest BCUT2D eigenvalue weighted by atomic mass is 10.5. The van der Waals surface area contributed by atoms with Crippen molar-refractivity contribution in [3.63, 3.8) is 0 Å². The van der Waals surface area contributed by atoms with E-state index in [4.69, 9.17) is 5.26 Å². The Labute approximate surface area is 114 Å². The summed E-state index contributed by atoms with van der Waals surface area (Å²) in [4.78, 5) is 1.02. The molecule has 17 heavy (non-hydrogen) atoms. The highest BCUT2D eigenvalue weighted by Crippen LogP contribution is 2.31. The Kier molecular flexibility index (Phi) is 5.13. The van der Waals surface area contributed by atoms with E-state index in [0.717, 1.165) is 8.66 Å². The molecule has 0 amide bonds. The van der Waals surface area contributed by atoms with Gasteiger partial charge in [-0.3, -0.25) is 0 Å². The van der Waals surface area contributed by atoms with Gasteiger partial charge in [-0.05, 0) is 35.3 Å². The molecule has 1 heterocycles. The van der Waals surface area contributed by atoms with Crippen LogP contribution in [0.15, 0.2) is 14.7 Å². The van der Waals surface area contributed by atoms with E-state index in [0.29, 0.717) is 13.0 Å². The maximum absolute atomic E-state index is 12.3. The first-order valence-corrected chi connectivity index (χ1v) is 8.11. The van der Waals surface area contributed by atoms with Crippen molar-refractivity contribution < 1.29 is 8.42 Å². The third-order valence-corrected chi connectivity index (χ3v) is 5.83. The summed E-state index contributed by atoms with van der Waals surface area (Å²) in [6, 6.07) is 3.49. The van der Waals surface area contributed by atoms with Gasteiger partial charge >= 0.3 is 0 Å². The van der Waals surface area contributed by atoms with Crippen LogP contribution >= 0.6 is 27.3 Å². The van der Waals surface area contributed by atoms with Gasteiger partial charge < -0.3 is 0 Å². The van der Waals surface area contributed by atoms with E-state index < -0.39 is 10.0 Å². The molecular weight excluding hydrogens is 324 g/mol. The normalized spacial score (nSPS) is 11.7. The number of aryl methyl sites for hydroxylation is 1. The highest BCUT2D eigenvalue weighted by Gasteiger charge is 2.26. The molecule has 0 bridgehead atoms. The lowest BCUT2D eigenvalue weighted by Gasteiger charge is -2.18. The third kappa shape index (κ3) is 3.28. The predicted octanol–water partition coefficient (Wildman–Crippen LogP) is 2.74. The van der Waals surface area contributed by atoms with Gasteiger partial charge in [-0.25, -0.2) is 8.42 Å². The molecule has 1 rings (SSSR count). The van der Waals surface area contributed by atoms with E-state index in [2.05, 4.69) is 15.9 Å². The van der Waals surface area contributed by atoms with Crippen molar-refractivity contribution in [2.75, 3.05) is 13.1 Å². The Balaban J connectivity index is 3.17. The first kappa shape index (κ1) is 14.6. The number of rotatable bonds is 5. The number of nitriles is 1. The predicted molar refractivity (Wildman–Crippen MR) is 71.4 cm³/mol. The Morgan fingerprint density at radius 2 is 2.24 bits per heavy atom. The molecule has 1 aromatic heterocycles. The SMILES string of the molecule is CCCN(CC#N)S(=O)(=O)c1cc(Br)sc1C. The standard InChI is InChI=1S/C10H13BrN2O2S2/c1-3-5-13(6-4-12)17(14,15)9-7-10(11)16-8(9)2/h7H,3,5-6H2,1-2H3. The zero-order valence-corrected chi connectivity index (χ0v) is 12.8. The van der Waals surface area contributed by atoms with Crippen LogP contribution in [0.4, 0.5) is 0 Å². The summed E-state index contributed by atoms with van der Waals surface area (Å²) in [5.74, 6) is 0. The lowest BCUT2D eigenvalue weighted by molar-refractivity contribution is 0.444. The number of sulfonamides is 1. The number of hydrogen-bond donors (Lipinski definition) is 0. The van der Waals surface area contributed by atoms with Crippen molar-refractivity contribution in [3.05, 3.63) is 14.7 Å². The van der Waals surface area contributed by atoms with E-state index in [1.54, 1.807) is 13.0 Å². The maximum atomic E-state index is 12.3. The molecule has 4 nitrogen and oxygen atoms in total. The molecular formula is C10H13BrN2O2S2. The first-order valence-electron chi connectivity index (χ1n) is 5.06. The summed E-state index contributed by atoms with van der Waals surface area (Å²) in [5, 5.41) is 8.69. The van der Waals surface area contributed by atoms with E-state index in [9.17, 15) is 8.42 Å². The molecule has 0 aliphatic carbocycles. The van der Waals surface area contributed by atoms with E-state index in [1.807, 2.05) is 13.0 Å². The molecule has 0 saturated heterocycles. The Hall–Kier alpha value is -0.420. The second-order valence-corrected chi connectivity index (χ2v) is 8.01. The van der Waals surface area contributed by atoms with Crippen LogP contribution in [0.5, 0.6) is 0 Å². The Bertz CT molecular complexity index is 531. The molecule has 94 valence electrons. The zero-order valence-electron chi connectivity index (χ0n) is 9.60. The summed E-state index contributed by atoms with van der Waals surface area (Å²) in [6.07, 6.45) is 0.686. The first-order chi connectivity index (χ1) is 7.93. The van der Waals surface area contributed by atoms with Gasteiger partial charge in [0.2, 0.25) is 10.0 Å². The van der Waals surface area contributed by atoms with Crippen molar-refractivity contribution in [2.24, 2.45) is 0 Å². The van der Waals surface area contributed by atoms with Gasteiger partial charge in [-0.2, -0.15) is 9.57 Å². The van der Waals surface area contributed by atoms with E-state index in [1.165, 1.54) is 15.6 Å². The van der Waals surface area contributed by atoms with Gasteiger partial charge in [-0.1, -0.05) is 6.92 Å². The summed E-state index contributed by atoms with van der Waals surface area (Å²) in [5.41, 5.74) is 0. The molecule has 0 saturated carbocycles. The summed E-state index contributed by atoms with van der Waals surface area (Å²) >= 11 is 4.65. The molecule has 0 aromatic carbocycles. The number of hydrogen-bond acceptors (Lipinski definition) is 4. The smallest absolute Gasteiger partial charge is 0.207 e. The van der Waals surface area contributed by atoms with Crippen molar-refractivity contribution in [3.8, 4) is 6.07 Å². The fourth-order valence-corrected chi connectivity index (χ4v) is 5.25. The van der Waals surface area contributed by atoms with Crippen LogP contribution in [-0.2, 0) is 10.0 Å². The minimum atomic E-state index is -3.54. The minimum absolute atomic E-state index is 0.108. The van der Waals surface area contributed by atoms with Crippen LogP contribution < -0.4 is 0 Å². The second kappa shape index (κ2) is 5.96. The molecule has 0 unspecified atom stereocenters. The van der Waals surface area contributed by atoms with Crippen molar-refractivity contribution in [2.45, 2.75) is 25.2 Å². The zero-order chi connectivity index (χ0) is 13.1. The number of thiophene rings is 1. The lowest BCUT2D eigenvalue weighted by Crippen LogP contribution is -2.32. The second-order valence-electron chi connectivity index (χ2n) is 3.47. The number of halogens is 1. The van der Waals surface area contributed by atoms with Crippen LogP contribution in [-0.4, -0.2) is 25.8 Å². The van der Waals surface area contributed by atoms with Gasteiger partial charge in [0.25, 0.3) is 0 Å². The molecule has 0 atom stereocenters. The van der Waals surface area contributed by atoms with Gasteiger partial charge in [-0.15, -0.1) is 11.3 Å². The monoisotopic (exact) mass is 336 g/mol. The average molecular weight is 337 g/mol. The maximum Gasteiger partial charge on any atom is 0.245 e. The average Bonchev–Trinajstić information content (AvgIpc) is 2.58. The summed E-state index contributed by atoms with van der Waals surface area (Å²) < 4.78 is 26.6. The van der Waals surface area contributed by atoms with E-state index >= 15 is 0 Å². The van der Waals surface area contributed by atoms with Crippen LogP contribution in [0.3, 0.4) is 0 Å². The molecule has 0 aliphatic rings. The topological polar surface area (TPSA) is 61.2 Å². The minimum Gasteiger partial charge on any atom is -0.207 e. The molecule has 7 heteroatoms. The van der Waals surface area contributed by atoms with Gasteiger partial charge in [0.1, 0.15) is 6.54 Å². The molecule has 0 fully saturated rings. The van der Waals surface area contributed by atoms with Gasteiger partial charge in [0, 0.05) is 11.4 Å². The van der Waals surface area contributed by atoms with Gasteiger partial charge in [0.15, 0.2) is 0 Å². The third-order valence-electron chi connectivity index (χ3n) is 2.18.